The van der Waals surface area contributed by atoms with Gasteiger partial charge < -0.3 is 33.8 Å². The van der Waals surface area contributed by atoms with Crippen molar-refractivity contribution in [3.8, 4) is 0 Å². The second-order valence-electron chi connectivity index (χ2n) is 25.8. The van der Waals surface area contributed by atoms with Gasteiger partial charge in [0.1, 0.15) is 19.3 Å². The average Bonchev–Trinajstić information content (AvgIpc) is 3.71. The van der Waals surface area contributed by atoms with Crippen LogP contribution < -0.4 is 0 Å². The van der Waals surface area contributed by atoms with E-state index in [1.165, 1.54) is 148 Å². The molecule has 536 valence electrons. The molecule has 0 spiro atoms. The van der Waals surface area contributed by atoms with E-state index in [1.807, 2.05) is 0 Å². The third kappa shape index (κ3) is 66.0. The summed E-state index contributed by atoms with van der Waals surface area (Å²) in [5.41, 5.74) is 0. The summed E-state index contributed by atoms with van der Waals surface area (Å²) in [7, 11) is -9.91. The number of esters is 4. The number of phosphoric acid groups is 2. The fourth-order valence-electron chi connectivity index (χ4n) is 10.5. The normalized spacial score (nSPS) is 14.2. The predicted molar refractivity (Wildman–Crippen MR) is 368 cm³/mol. The minimum atomic E-state index is -4.96. The molecule has 0 aliphatic heterocycles. The van der Waals surface area contributed by atoms with E-state index < -0.39 is 97.5 Å². The van der Waals surface area contributed by atoms with E-state index in [1.54, 1.807) is 0 Å². The molecule has 0 bridgehead atoms. The largest absolute Gasteiger partial charge is 0.472 e. The molecule has 0 aromatic heterocycles. The zero-order valence-corrected chi connectivity index (χ0v) is 60.3. The Hall–Kier alpha value is -2.46. The molecule has 91 heavy (non-hydrogen) atoms. The summed E-state index contributed by atoms with van der Waals surface area (Å²) < 4.78 is 68.1. The fourth-order valence-corrected chi connectivity index (χ4v) is 12.0. The van der Waals surface area contributed by atoms with Crippen molar-refractivity contribution in [3.63, 3.8) is 0 Å². The van der Waals surface area contributed by atoms with Gasteiger partial charge in [0.25, 0.3) is 0 Å². The molecule has 3 N–H and O–H groups in total. The summed E-state index contributed by atoms with van der Waals surface area (Å²) in [5.74, 6) is -1.38. The Morgan fingerprint density at radius 1 is 0.341 bits per heavy atom. The lowest BCUT2D eigenvalue weighted by Gasteiger charge is -2.21. The summed E-state index contributed by atoms with van der Waals surface area (Å²) in [6, 6.07) is 0. The molecular formula is C72H136O17P2. The number of ether oxygens (including phenoxy) is 4. The molecular weight excluding hydrogens is 1200 g/mol. The number of allylic oxidation sites excluding steroid dienone is 4. The summed E-state index contributed by atoms with van der Waals surface area (Å²) in [6.45, 7) is 7.12. The van der Waals surface area contributed by atoms with Crippen molar-refractivity contribution in [2.45, 2.75) is 368 Å². The van der Waals surface area contributed by atoms with Crippen LogP contribution in [0.5, 0.6) is 0 Å². The van der Waals surface area contributed by atoms with Crippen LogP contribution in [0.1, 0.15) is 349 Å². The Balaban J connectivity index is 5.19. The Morgan fingerprint density at radius 3 is 0.901 bits per heavy atom. The smallest absolute Gasteiger partial charge is 0.462 e. The maximum atomic E-state index is 13.0. The van der Waals surface area contributed by atoms with Gasteiger partial charge in [-0.15, -0.1) is 0 Å². The van der Waals surface area contributed by atoms with Gasteiger partial charge in [-0.25, -0.2) is 9.13 Å². The third-order valence-corrected chi connectivity index (χ3v) is 18.1. The third-order valence-electron chi connectivity index (χ3n) is 16.2. The zero-order valence-electron chi connectivity index (χ0n) is 58.5. The summed E-state index contributed by atoms with van der Waals surface area (Å²) in [6.07, 6.45) is 55.2. The molecule has 0 saturated carbocycles. The van der Waals surface area contributed by atoms with Gasteiger partial charge in [0.05, 0.1) is 26.4 Å². The molecule has 0 aliphatic rings. The number of rotatable bonds is 70. The fraction of sp³-hybridized carbons (Fsp3) is 0.889. The van der Waals surface area contributed by atoms with Gasteiger partial charge >= 0.3 is 39.5 Å². The molecule has 0 fully saturated rings. The highest BCUT2D eigenvalue weighted by molar-refractivity contribution is 7.47. The Labute approximate surface area is 554 Å². The van der Waals surface area contributed by atoms with Crippen LogP contribution in [0.2, 0.25) is 0 Å². The molecule has 0 aromatic rings. The molecule has 0 aliphatic carbocycles. The lowest BCUT2D eigenvalue weighted by molar-refractivity contribution is -0.161. The number of hydrogen-bond donors (Lipinski definition) is 3. The number of phosphoric ester groups is 2. The first kappa shape index (κ1) is 88.5. The van der Waals surface area contributed by atoms with Crippen molar-refractivity contribution in [1.82, 2.24) is 0 Å². The highest BCUT2D eigenvalue weighted by Crippen LogP contribution is 2.45. The average molecular weight is 1340 g/mol. The van der Waals surface area contributed by atoms with Crippen LogP contribution in [0.25, 0.3) is 0 Å². The minimum absolute atomic E-state index is 0.101. The van der Waals surface area contributed by atoms with E-state index in [0.29, 0.717) is 25.7 Å². The molecule has 0 saturated heterocycles. The number of aliphatic hydroxyl groups excluding tert-OH is 1. The van der Waals surface area contributed by atoms with Crippen molar-refractivity contribution in [3.05, 3.63) is 24.3 Å². The van der Waals surface area contributed by atoms with Gasteiger partial charge in [0.15, 0.2) is 12.2 Å². The van der Waals surface area contributed by atoms with Crippen molar-refractivity contribution < 1.29 is 80.2 Å². The Morgan fingerprint density at radius 2 is 0.593 bits per heavy atom. The monoisotopic (exact) mass is 1330 g/mol. The first-order valence-electron chi connectivity index (χ1n) is 37.0. The SMILES string of the molecule is CCCCCC/C=C\C=C/CCCCCCCC(=O)OC[C@H](COP(=O)(O)OC[C@@H](O)COP(=O)(O)OC[C@@H](COC(=O)CCCCCCC)OC(=O)CCCCCCCCCCCCCCC(C)C)OC(=O)CCCCCCCCCCCCCCCCCC. The van der Waals surface area contributed by atoms with Crippen LogP contribution in [0, 0.1) is 5.92 Å². The van der Waals surface area contributed by atoms with Gasteiger partial charge in [0, 0.05) is 25.7 Å². The van der Waals surface area contributed by atoms with Crippen LogP contribution >= 0.6 is 15.6 Å². The van der Waals surface area contributed by atoms with E-state index in [-0.39, 0.29) is 25.7 Å². The highest BCUT2D eigenvalue weighted by atomic mass is 31.2. The Bertz CT molecular complexity index is 1850. The van der Waals surface area contributed by atoms with E-state index >= 15 is 0 Å². The Kier molecular flexibility index (Phi) is 63.1. The van der Waals surface area contributed by atoms with Gasteiger partial charge in [-0.1, -0.05) is 296 Å². The van der Waals surface area contributed by atoms with Crippen molar-refractivity contribution >= 4 is 39.5 Å². The molecule has 19 heteroatoms. The van der Waals surface area contributed by atoms with Crippen molar-refractivity contribution in [1.29, 1.82) is 0 Å². The second-order valence-corrected chi connectivity index (χ2v) is 28.7. The number of unbranched alkanes of at least 4 members (excludes halogenated alkanes) is 39. The van der Waals surface area contributed by atoms with Gasteiger partial charge in [0.2, 0.25) is 0 Å². The highest BCUT2D eigenvalue weighted by Gasteiger charge is 2.30. The quantitative estimate of drug-likeness (QED) is 0.0169. The maximum Gasteiger partial charge on any atom is 0.472 e. The molecule has 0 amide bonds. The first-order valence-corrected chi connectivity index (χ1v) is 39.9. The van der Waals surface area contributed by atoms with Crippen molar-refractivity contribution in [2.24, 2.45) is 5.92 Å². The number of aliphatic hydroxyl groups is 1. The lowest BCUT2D eigenvalue weighted by Crippen LogP contribution is -2.30. The van der Waals surface area contributed by atoms with Crippen LogP contribution in [-0.4, -0.2) is 96.7 Å². The first-order chi connectivity index (χ1) is 44.0. The van der Waals surface area contributed by atoms with E-state index in [9.17, 15) is 43.2 Å². The molecule has 0 rings (SSSR count). The predicted octanol–water partition coefficient (Wildman–Crippen LogP) is 20.5. The van der Waals surface area contributed by atoms with Gasteiger partial charge in [-0.3, -0.25) is 37.3 Å². The summed E-state index contributed by atoms with van der Waals surface area (Å²) >= 11 is 0. The minimum Gasteiger partial charge on any atom is -0.462 e. The molecule has 0 heterocycles. The van der Waals surface area contributed by atoms with Crippen LogP contribution in [0.15, 0.2) is 24.3 Å². The van der Waals surface area contributed by atoms with Crippen LogP contribution in [0.3, 0.4) is 0 Å². The number of carbonyl (C=O) groups excluding carboxylic acids is 4. The summed E-state index contributed by atoms with van der Waals surface area (Å²) in [4.78, 5) is 72.3. The molecule has 0 aromatic carbocycles. The van der Waals surface area contributed by atoms with Crippen molar-refractivity contribution in [2.75, 3.05) is 39.6 Å². The second kappa shape index (κ2) is 64.9. The molecule has 0 radical (unpaired) electrons. The maximum absolute atomic E-state index is 13.0. The molecule has 2 unspecified atom stereocenters. The van der Waals surface area contributed by atoms with E-state index in [4.69, 9.17) is 37.0 Å². The summed E-state index contributed by atoms with van der Waals surface area (Å²) in [5, 5.41) is 10.6. The topological polar surface area (TPSA) is 237 Å². The number of carbonyl (C=O) groups is 4. The van der Waals surface area contributed by atoms with Crippen LogP contribution in [0.4, 0.5) is 0 Å². The van der Waals surface area contributed by atoms with E-state index in [2.05, 4.69) is 58.9 Å². The van der Waals surface area contributed by atoms with Crippen LogP contribution in [-0.2, 0) is 65.4 Å². The zero-order chi connectivity index (χ0) is 67.0. The van der Waals surface area contributed by atoms with Gasteiger partial charge in [-0.2, -0.15) is 0 Å². The lowest BCUT2D eigenvalue weighted by atomic mass is 10.0. The van der Waals surface area contributed by atoms with Gasteiger partial charge in [-0.05, 0) is 57.3 Å². The molecule has 17 nitrogen and oxygen atoms in total. The number of hydrogen-bond acceptors (Lipinski definition) is 15. The molecule has 5 atom stereocenters. The van der Waals surface area contributed by atoms with E-state index in [0.717, 1.165) is 121 Å². The standard InChI is InChI=1S/C72H136O17P2/c1-6-9-12-15-17-19-21-23-25-27-29-34-38-42-47-52-58-72(77)89-68(62-83-70(75)56-51-46-41-37-33-28-26-24-22-20-18-16-13-10-7-2)64-87-91(80,81)85-60-66(73)59-84-90(78,79)86-63-67(61-82-69(74)55-50-44-14-11-8-3)88-71(76)57-53-48-43-39-35-31-30-32-36-40-45-49-54-65(4)5/h20,22,24,26,65-68,73H,6-19,21,23,25,27-64H2,1-5H3,(H,78,79)(H,80,81)/b22-20-,26-24-/t66-,67+,68+/m0/s1.